The van der Waals surface area contributed by atoms with Gasteiger partial charge in [-0.05, 0) is 24.5 Å². The van der Waals surface area contributed by atoms with Crippen LogP contribution in [-0.4, -0.2) is 22.1 Å². The number of furan rings is 1. The molecule has 2 aromatic heterocycles. The van der Waals surface area contributed by atoms with E-state index in [1.165, 1.54) is 17.4 Å². The molecule has 0 spiro atoms. The Labute approximate surface area is 144 Å². The maximum absolute atomic E-state index is 12.0. The van der Waals surface area contributed by atoms with E-state index in [0.29, 0.717) is 5.13 Å². The second kappa shape index (κ2) is 6.85. The molecule has 1 amide bonds. The first-order chi connectivity index (χ1) is 11.6. The second-order valence-electron chi connectivity index (χ2n) is 4.62. The molecule has 122 valence electrons. The average molecular weight is 361 g/mol. The van der Waals surface area contributed by atoms with E-state index in [-0.39, 0.29) is 5.76 Å². The van der Waals surface area contributed by atoms with Crippen LogP contribution in [0.15, 0.2) is 51.1 Å². The maximum Gasteiger partial charge on any atom is 0.433 e. The van der Waals surface area contributed by atoms with Crippen LogP contribution in [0.25, 0.3) is 11.3 Å². The first kappa shape index (κ1) is 16.2. The third kappa shape index (κ3) is 3.47. The lowest BCUT2D eigenvalue weighted by Gasteiger charge is -1.99. The lowest BCUT2D eigenvalue weighted by Crippen LogP contribution is -2.10. The molecule has 1 N–H and O–H groups in total. The molecule has 0 saturated heterocycles. The van der Waals surface area contributed by atoms with Crippen molar-refractivity contribution in [3.05, 3.63) is 57.7 Å². The van der Waals surface area contributed by atoms with Gasteiger partial charge in [0.2, 0.25) is 0 Å². The smallest absolute Gasteiger partial charge is 0.395 e. The fraction of sp³-hybridized carbons (Fsp3) is 0.0667. The Kier molecular flexibility index (Phi) is 4.63. The first-order valence-electron chi connectivity index (χ1n) is 6.72. The van der Waals surface area contributed by atoms with Crippen LogP contribution < -0.4 is 5.32 Å². The normalized spacial score (nSPS) is 10.5. The summed E-state index contributed by atoms with van der Waals surface area (Å²) in [4.78, 5) is 27.4. The number of hydrogen-bond donors (Lipinski definition) is 1. The molecule has 3 rings (SSSR count). The highest BCUT2D eigenvalue weighted by molar-refractivity contribution is 7.98. The van der Waals surface area contributed by atoms with Crippen molar-refractivity contribution in [3.63, 3.8) is 0 Å². The number of carbonyl (C=O) groups is 1. The van der Waals surface area contributed by atoms with Gasteiger partial charge in [-0.2, -0.15) is 0 Å². The van der Waals surface area contributed by atoms with Gasteiger partial charge in [0.05, 0.1) is 11.8 Å². The van der Waals surface area contributed by atoms with Gasteiger partial charge in [-0.15, -0.1) is 23.1 Å². The number of nitrogens with one attached hydrogen (secondary N) is 1. The van der Waals surface area contributed by atoms with Crippen LogP contribution in [0.5, 0.6) is 0 Å². The summed E-state index contributed by atoms with van der Waals surface area (Å²) in [5.74, 6) is -1.20. The van der Waals surface area contributed by atoms with Gasteiger partial charge >= 0.3 is 5.88 Å². The van der Waals surface area contributed by atoms with E-state index in [1.54, 1.807) is 11.8 Å². The van der Waals surface area contributed by atoms with Crippen LogP contribution in [0.4, 0.5) is 11.0 Å². The summed E-state index contributed by atoms with van der Waals surface area (Å²) >= 11 is 2.92. The van der Waals surface area contributed by atoms with Crippen molar-refractivity contribution < 1.29 is 14.1 Å². The van der Waals surface area contributed by atoms with Crippen LogP contribution in [0, 0.1) is 10.1 Å². The molecule has 0 bridgehead atoms. The molecule has 0 aliphatic carbocycles. The van der Waals surface area contributed by atoms with Gasteiger partial charge in [0.25, 0.3) is 5.91 Å². The van der Waals surface area contributed by atoms with Crippen molar-refractivity contribution in [2.24, 2.45) is 0 Å². The van der Waals surface area contributed by atoms with Gasteiger partial charge in [-0.25, -0.2) is 4.98 Å². The molecule has 3 aromatic rings. The first-order valence-corrected chi connectivity index (χ1v) is 8.83. The fourth-order valence-electron chi connectivity index (χ4n) is 1.93. The van der Waals surface area contributed by atoms with E-state index >= 15 is 0 Å². The molecule has 0 unspecified atom stereocenters. The van der Waals surface area contributed by atoms with Crippen molar-refractivity contribution in [2.75, 3.05) is 11.6 Å². The largest absolute Gasteiger partial charge is 0.433 e. The van der Waals surface area contributed by atoms with Gasteiger partial charge in [-0.1, -0.05) is 12.1 Å². The number of aromatic nitrogens is 1. The fourth-order valence-corrected chi connectivity index (χ4v) is 3.06. The van der Waals surface area contributed by atoms with Gasteiger partial charge in [-0.3, -0.25) is 20.2 Å². The van der Waals surface area contributed by atoms with Crippen molar-refractivity contribution >= 4 is 40.0 Å². The van der Waals surface area contributed by atoms with Crippen LogP contribution in [0.2, 0.25) is 0 Å². The Balaban J connectivity index is 1.72. The Bertz CT molecular complexity index is 886. The van der Waals surface area contributed by atoms with Crippen LogP contribution in [0.3, 0.4) is 0 Å². The molecule has 1 aromatic carbocycles. The number of nitrogens with zero attached hydrogens (tertiary/aromatic N) is 2. The minimum absolute atomic E-state index is 0.136. The third-order valence-corrected chi connectivity index (χ3v) is 4.61. The monoisotopic (exact) mass is 361 g/mol. The zero-order valence-corrected chi connectivity index (χ0v) is 14.0. The Morgan fingerprint density at radius 2 is 2.04 bits per heavy atom. The van der Waals surface area contributed by atoms with Gasteiger partial charge in [0, 0.05) is 15.8 Å². The summed E-state index contributed by atoms with van der Waals surface area (Å²) in [5, 5.41) is 15.4. The molecule has 7 nitrogen and oxygen atoms in total. The Morgan fingerprint density at radius 3 is 2.67 bits per heavy atom. The standard InChI is InChI=1S/C15H11N3O4S2/c1-23-10-4-2-9(3-5-10)11-8-24-15(16-11)17-14(19)12-6-7-13(22-12)18(20)21/h2-8H,1H3,(H,16,17,19). The van der Waals surface area contributed by atoms with E-state index in [4.69, 9.17) is 4.42 Å². The van der Waals surface area contributed by atoms with Gasteiger partial charge in [0.15, 0.2) is 10.9 Å². The summed E-state index contributed by atoms with van der Waals surface area (Å²) < 4.78 is 4.86. The van der Waals surface area contributed by atoms with Gasteiger partial charge in [0.1, 0.15) is 4.92 Å². The van der Waals surface area contributed by atoms with E-state index in [2.05, 4.69) is 10.3 Å². The zero-order chi connectivity index (χ0) is 17.1. The number of benzene rings is 1. The molecule has 0 fully saturated rings. The second-order valence-corrected chi connectivity index (χ2v) is 6.35. The number of thioether (sulfide) groups is 1. The topological polar surface area (TPSA) is 98.3 Å². The molecule has 0 atom stereocenters. The highest BCUT2D eigenvalue weighted by Crippen LogP contribution is 2.27. The van der Waals surface area contributed by atoms with Crippen molar-refractivity contribution in [2.45, 2.75) is 4.90 Å². The van der Waals surface area contributed by atoms with Crippen LogP contribution >= 0.6 is 23.1 Å². The predicted molar refractivity (Wildman–Crippen MR) is 92.6 cm³/mol. The van der Waals surface area contributed by atoms with Gasteiger partial charge < -0.3 is 4.42 Å². The molecule has 0 saturated carbocycles. The number of carbonyl (C=O) groups excluding carboxylic acids is 1. The van der Waals surface area contributed by atoms with Crippen molar-refractivity contribution in [3.8, 4) is 11.3 Å². The molecule has 2 heterocycles. The molecule has 9 heteroatoms. The molecule has 24 heavy (non-hydrogen) atoms. The highest BCUT2D eigenvalue weighted by atomic mass is 32.2. The predicted octanol–water partition coefficient (Wildman–Crippen LogP) is 4.29. The summed E-state index contributed by atoms with van der Waals surface area (Å²) in [6, 6.07) is 10.3. The molecule has 0 radical (unpaired) electrons. The van der Waals surface area contributed by atoms with Crippen molar-refractivity contribution in [1.29, 1.82) is 0 Å². The van der Waals surface area contributed by atoms with E-state index in [1.807, 2.05) is 35.9 Å². The summed E-state index contributed by atoms with van der Waals surface area (Å²) in [7, 11) is 0. The third-order valence-electron chi connectivity index (χ3n) is 3.11. The average Bonchev–Trinajstić information content (AvgIpc) is 3.24. The number of thiazole rings is 1. The van der Waals surface area contributed by atoms with Crippen LogP contribution in [-0.2, 0) is 0 Å². The number of anilines is 1. The lowest BCUT2D eigenvalue weighted by atomic mass is 10.2. The SMILES string of the molecule is CSc1ccc(-c2csc(NC(=O)c3ccc([N+](=O)[O-])o3)n2)cc1. The van der Waals surface area contributed by atoms with E-state index in [9.17, 15) is 14.9 Å². The summed E-state index contributed by atoms with van der Waals surface area (Å²) in [6.07, 6.45) is 2.00. The van der Waals surface area contributed by atoms with Crippen molar-refractivity contribution in [1.82, 2.24) is 4.98 Å². The zero-order valence-electron chi connectivity index (χ0n) is 12.4. The van der Waals surface area contributed by atoms with E-state index in [0.717, 1.165) is 22.2 Å². The summed E-state index contributed by atoms with van der Waals surface area (Å²) in [5.41, 5.74) is 1.69. The Hall–Kier alpha value is -2.65. The molecular formula is C15H11N3O4S2. The van der Waals surface area contributed by atoms with E-state index < -0.39 is 16.7 Å². The highest BCUT2D eigenvalue weighted by Gasteiger charge is 2.18. The molecule has 0 aliphatic heterocycles. The maximum atomic E-state index is 12.0. The quantitative estimate of drug-likeness (QED) is 0.414. The Morgan fingerprint density at radius 1 is 1.29 bits per heavy atom. The minimum atomic E-state index is -0.698. The number of hydrogen-bond acceptors (Lipinski definition) is 7. The number of amides is 1. The number of rotatable bonds is 5. The molecular weight excluding hydrogens is 350 g/mol. The summed E-state index contributed by atoms with van der Waals surface area (Å²) in [6.45, 7) is 0. The van der Waals surface area contributed by atoms with Crippen LogP contribution in [0.1, 0.15) is 10.6 Å². The minimum Gasteiger partial charge on any atom is -0.395 e. The molecule has 0 aliphatic rings. The lowest BCUT2D eigenvalue weighted by molar-refractivity contribution is -0.402. The number of nitro groups is 1.